The van der Waals surface area contributed by atoms with Crippen LogP contribution in [0.4, 0.5) is 23.2 Å². The molecule has 5 rings (SSSR count). The minimum atomic E-state index is -4.60. The highest BCUT2D eigenvalue weighted by Gasteiger charge is 2.58. The number of carbonyl (C=O) groups is 2. The molecule has 3 heterocycles. The van der Waals surface area contributed by atoms with Gasteiger partial charge in [-0.05, 0) is 89.8 Å². The maximum absolute atomic E-state index is 17.5. The molecule has 50 heavy (non-hydrogen) atoms. The zero-order chi connectivity index (χ0) is 36.8. The van der Waals surface area contributed by atoms with E-state index in [0.717, 1.165) is 12.1 Å². The van der Waals surface area contributed by atoms with E-state index in [1.807, 2.05) is 30.6 Å². The van der Waals surface area contributed by atoms with E-state index in [2.05, 4.69) is 6.07 Å². The Bertz CT molecular complexity index is 1600. The lowest BCUT2D eigenvalue weighted by Crippen LogP contribution is -2.51. The molecule has 3 aliphatic heterocycles. The number of hydrogen-bond acceptors (Lipinski definition) is 7. The second kappa shape index (κ2) is 13.7. The van der Waals surface area contributed by atoms with Crippen LogP contribution in [0.25, 0.3) is 0 Å². The number of benzene rings is 2. The molecule has 0 radical (unpaired) electrons. The average molecular weight is 701 g/mol. The number of hydrogen-bond donors (Lipinski definition) is 0. The van der Waals surface area contributed by atoms with E-state index in [0.29, 0.717) is 55.0 Å². The van der Waals surface area contributed by atoms with Crippen molar-refractivity contribution in [3.05, 3.63) is 59.2 Å². The van der Waals surface area contributed by atoms with Gasteiger partial charge in [0.1, 0.15) is 11.4 Å². The third-order valence-corrected chi connectivity index (χ3v) is 10.3. The molecule has 12 heteroatoms. The normalized spacial score (nSPS) is 25.4. The Labute approximate surface area is 292 Å². The molecular formula is C38H48F4N4O4. The number of carbonyl (C=O) groups excluding carboxylic acids is 2. The van der Waals surface area contributed by atoms with Crippen molar-refractivity contribution in [2.24, 2.45) is 11.8 Å². The molecule has 4 atom stereocenters. The largest absolute Gasteiger partial charge is 0.497 e. The SMILES string of the molecule is COc1ccc([C@@H]2CN(C(C)(C)C)C[C@@]2(F)C(=O)N2C[C@H](c3ccc(C(F)(F)F)cc3N3CCC(C(=O)OC(C)(C)C)CC3)[C@@H](C#N)C2)cc1. The number of ether oxygens (including phenoxy) is 2. The standard InChI is InChI=1S/C38H48F4N4O4/c1-35(2,3)46-22-31(24-8-11-28(49-7)12-9-24)37(39,23-46)34(48)45-20-26(19-43)30(21-45)29-13-10-27(38(40,41)42)18-32(29)44-16-14-25(15-17-44)33(47)50-36(4,5)6/h8-13,18,25-26,30-31H,14-17,20-23H2,1-7H3/t26-,30-,31-,37-/m0/s1. The lowest BCUT2D eigenvalue weighted by atomic mass is 9.85. The van der Waals surface area contributed by atoms with Gasteiger partial charge in [0.15, 0.2) is 0 Å². The first kappa shape index (κ1) is 37.4. The van der Waals surface area contributed by atoms with Crippen LogP contribution in [0.1, 0.15) is 82.9 Å². The first-order valence-electron chi connectivity index (χ1n) is 17.2. The molecule has 8 nitrogen and oxygen atoms in total. The topological polar surface area (TPSA) is 86.1 Å². The molecule has 0 N–H and O–H groups in total. The van der Waals surface area contributed by atoms with Crippen LogP contribution in [0.2, 0.25) is 0 Å². The molecule has 3 fully saturated rings. The molecule has 0 spiro atoms. The smallest absolute Gasteiger partial charge is 0.416 e. The summed E-state index contributed by atoms with van der Waals surface area (Å²) in [7, 11) is 1.54. The summed E-state index contributed by atoms with van der Waals surface area (Å²) in [5.74, 6) is -3.03. The van der Waals surface area contributed by atoms with Gasteiger partial charge in [-0.1, -0.05) is 18.2 Å². The molecule has 3 aliphatic rings. The molecule has 0 aromatic heterocycles. The van der Waals surface area contributed by atoms with Gasteiger partial charge in [0, 0.05) is 62.3 Å². The number of rotatable bonds is 6. The predicted molar refractivity (Wildman–Crippen MR) is 182 cm³/mol. The number of methoxy groups -OCH3 is 1. The third kappa shape index (κ3) is 7.73. The molecule has 0 aliphatic carbocycles. The lowest BCUT2D eigenvalue weighted by molar-refractivity contribution is -0.160. The molecule has 2 aromatic carbocycles. The predicted octanol–water partition coefficient (Wildman–Crippen LogP) is 6.94. The summed E-state index contributed by atoms with van der Waals surface area (Å²) in [5, 5.41) is 10.3. The van der Waals surface area contributed by atoms with Crippen molar-refractivity contribution < 1.29 is 36.6 Å². The van der Waals surface area contributed by atoms with Gasteiger partial charge in [-0.25, -0.2) is 4.39 Å². The Kier molecular flexibility index (Phi) is 10.2. The van der Waals surface area contributed by atoms with Crippen LogP contribution in [0, 0.1) is 23.2 Å². The Balaban J connectivity index is 1.44. The number of nitriles is 1. The van der Waals surface area contributed by atoms with Gasteiger partial charge < -0.3 is 19.3 Å². The van der Waals surface area contributed by atoms with Crippen LogP contribution in [0.3, 0.4) is 0 Å². The van der Waals surface area contributed by atoms with E-state index < -0.39 is 52.2 Å². The highest BCUT2D eigenvalue weighted by molar-refractivity contribution is 5.88. The molecule has 0 unspecified atom stereocenters. The zero-order valence-corrected chi connectivity index (χ0v) is 29.9. The Hall–Kier alpha value is -3.85. The van der Waals surface area contributed by atoms with E-state index in [9.17, 15) is 28.0 Å². The van der Waals surface area contributed by atoms with Gasteiger partial charge >= 0.3 is 12.1 Å². The van der Waals surface area contributed by atoms with Gasteiger partial charge in [0.05, 0.1) is 30.6 Å². The van der Waals surface area contributed by atoms with Crippen molar-refractivity contribution in [2.45, 2.75) is 89.2 Å². The van der Waals surface area contributed by atoms with E-state index >= 15 is 4.39 Å². The number of nitrogens with zero attached hydrogens (tertiary/aromatic N) is 4. The van der Waals surface area contributed by atoms with Crippen LogP contribution < -0.4 is 9.64 Å². The third-order valence-electron chi connectivity index (χ3n) is 10.3. The molecule has 0 saturated carbocycles. The van der Waals surface area contributed by atoms with Gasteiger partial charge in [0.25, 0.3) is 5.91 Å². The highest BCUT2D eigenvalue weighted by atomic mass is 19.4. The monoisotopic (exact) mass is 700 g/mol. The number of esters is 1. The summed E-state index contributed by atoms with van der Waals surface area (Å²) in [6.07, 6.45) is -3.82. The van der Waals surface area contributed by atoms with E-state index in [1.165, 1.54) is 11.0 Å². The van der Waals surface area contributed by atoms with Crippen LogP contribution in [0.15, 0.2) is 42.5 Å². The summed E-state index contributed by atoms with van der Waals surface area (Å²) in [4.78, 5) is 32.2. The van der Waals surface area contributed by atoms with E-state index in [1.54, 1.807) is 52.1 Å². The van der Waals surface area contributed by atoms with Crippen LogP contribution in [0.5, 0.6) is 5.75 Å². The summed E-state index contributed by atoms with van der Waals surface area (Å²) < 4.78 is 70.3. The quantitative estimate of drug-likeness (QED) is 0.238. The van der Waals surface area contributed by atoms with Gasteiger partial charge in [-0.3, -0.25) is 14.5 Å². The molecule has 1 amide bonds. The molecule has 3 saturated heterocycles. The summed E-state index contributed by atoms with van der Waals surface area (Å²) >= 11 is 0. The van der Waals surface area contributed by atoms with Crippen LogP contribution in [-0.4, -0.2) is 84.9 Å². The van der Waals surface area contributed by atoms with Crippen molar-refractivity contribution in [2.75, 3.05) is 51.3 Å². The van der Waals surface area contributed by atoms with Crippen molar-refractivity contribution in [1.29, 1.82) is 5.26 Å². The van der Waals surface area contributed by atoms with Crippen LogP contribution in [-0.2, 0) is 20.5 Å². The van der Waals surface area contributed by atoms with Crippen molar-refractivity contribution in [3.63, 3.8) is 0 Å². The average Bonchev–Trinajstić information content (AvgIpc) is 3.65. The first-order chi connectivity index (χ1) is 23.2. The molecule has 2 aromatic rings. The molecule has 0 bridgehead atoms. The summed E-state index contributed by atoms with van der Waals surface area (Å²) in [6.45, 7) is 12.0. The Morgan fingerprint density at radius 2 is 1.58 bits per heavy atom. The summed E-state index contributed by atoms with van der Waals surface area (Å²) in [5.41, 5.74) is -2.75. The van der Waals surface area contributed by atoms with E-state index in [-0.39, 0.29) is 31.5 Å². The maximum atomic E-state index is 17.5. The zero-order valence-electron chi connectivity index (χ0n) is 29.9. The van der Waals surface area contributed by atoms with Crippen LogP contribution >= 0.6 is 0 Å². The van der Waals surface area contributed by atoms with Crippen molar-refractivity contribution >= 4 is 17.6 Å². The van der Waals surface area contributed by atoms with Gasteiger partial charge in [-0.15, -0.1) is 0 Å². The Morgan fingerprint density at radius 1 is 0.940 bits per heavy atom. The number of likely N-dealkylation sites (tertiary alicyclic amines) is 2. The second-order valence-electron chi connectivity index (χ2n) is 15.9. The fourth-order valence-electron chi connectivity index (χ4n) is 7.48. The fourth-order valence-corrected chi connectivity index (χ4v) is 7.48. The van der Waals surface area contributed by atoms with Gasteiger partial charge in [0.2, 0.25) is 5.67 Å². The summed E-state index contributed by atoms with van der Waals surface area (Å²) in [6, 6.07) is 12.8. The minimum absolute atomic E-state index is 0.0136. The highest BCUT2D eigenvalue weighted by Crippen LogP contribution is 2.47. The van der Waals surface area contributed by atoms with Gasteiger partial charge in [-0.2, -0.15) is 18.4 Å². The number of halogens is 4. The number of alkyl halides is 4. The fraction of sp³-hybridized carbons (Fsp3) is 0.605. The molecule has 272 valence electrons. The molecular weight excluding hydrogens is 652 g/mol. The Morgan fingerprint density at radius 3 is 2.12 bits per heavy atom. The number of piperidine rings is 1. The number of anilines is 1. The van der Waals surface area contributed by atoms with Crippen molar-refractivity contribution in [3.8, 4) is 11.8 Å². The number of amides is 1. The minimum Gasteiger partial charge on any atom is -0.497 e. The van der Waals surface area contributed by atoms with E-state index in [4.69, 9.17) is 9.47 Å². The lowest BCUT2D eigenvalue weighted by Gasteiger charge is -2.36. The second-order valence-corrected chi connectivity index (χ2v) is 15.9. The van der Waals surface area contributed by atoms with Crippen molar-refractivity contribution in [1.82, 2.24) is 9.80 Å². The first-order valence-corrected chi connectivity index (χ1v) is 17.2. The maximum Gasteiger partial charge on any atom is 0.416 e.